The number of hydrogen-bond acceptors (Lipinski definition) is 8. The van der Waals surface area contributed by atoms with Crippen molar-refractivity contribution in [3.05, 3.63) is 64.8 Å². The summed E-state index contributed by atoms with van der Waals surface area (Å²) in [5, 5.41) is 11.7. The van der Waals surface area contributed by atoms with Crippen molar-refractivity contribution in [1.82, 2.24) is 15.2 Å². The molecule has 3 heterocycles. The first kappa shape index (κ1) is 17.4. The van der Waals surface area contributed by atoms with Crippen molar-refractivity contribution >= 4 is 45.0 Å². The minimum Gasteiger partial charge on any atom is -0.417 e. The number of para-hydroxylation sites is 1. The Morgan fingerprint density at radius 3 is 2.81 bits per heavy atom. The van der Waals surface area contributed by atoms with Crippen LogP contribution in [0.1, 0.15) is 10.6 Å². The maximum Gasteiger partial charge on any atom is 0.336 e. The maximum atomic E-state index is 12.4. The molecule has 0 fully saturated rings. The number of benzene rings is 1. The third-order valence-corrected chi connectivity index (χ3v) is 5.53. The molecule has 0 unspecified atom stereocenters. The van der Waals surface area contributed by atoms with Gasteiger partial charge in [0.05, 0.1) is 5.52 Å². The SMILES string of the molecule is CSc1nnc(NC(=O)c2cc(-c3cnc4ccccc4c3)cc(=O)o2)s1. The van der Waals surface area contributed by atoms with Crippen LogP contribution < -0.4 is 10.9 Å². The highest BCUT2D eigenvalue weighted by Crippen LogP contribution is 2.25. The topological polar surface area (TPSA) is 98.0 Å². The third kappa shape index (κ3) is 3.74. The summed E-state index contributed by atoms with van der Waals surface area (Å²) >= 11 is 2.67. The summed E-state index contributed by atoms with van der Waals surface area (Å²) < 4.78 is 5.78. The smallest absolute Gasteiger partial charge is 0.336 e. The second kappa shape index (κ2) is 7.29. The Labute approximate surface area is 161 Å². The first-order chi connectivity index (χ1) is 13.1. The molecular weight excluding hydrogens is 384 g/mol. The van der Waals surface area contributed by atoms with Gasteiger partial charge in [-0.1, -0.05) is 41.3 Å². The fourth-order valence-corrected chi connectivity index (χ4v) is 3.65. The van der Waals surface area contributed by atoms with Gasteiger partial charge in [-0.2, -0.15) is 0 Å². The molecule has 0 saturated carbocycles. The lowest BCUT2D eigenvalue weighted by molar-refractivity contribution is 0.0992. The van der Waals surface area contributed by atoms with E-state index < -0.39 is 11.5 Å². The van der Waals surface area contributed by atoms with Gasteiger partial charge >= 0.3 is 5.63 Å². The van der Waals surface area contributed by atoms with Gasteiger partial charge in [0.25, 0.3) is 5.91 Å². The Kier molecular flexibility index (Phi) is 4.69. The summed E-state index contributed by atoms with van der Waals surface area (Å²) in [5.41, 5.74) is 1.50. The number of aromatic nitrogens is 3. The van der Waals surface area contributed by atoms with Gasteiger partial charge in [0.1, 0.15) is 0 Å². The van der Waals surface area contributed by atoms with E-state index in [0.29, 0.717) is 10.7 Å². The summed E-state index contributed by atoms with van der Waals surface area (Å²) in [6.45, 7) is 0. The van der Waals surface area contributed by atoms with Gasteiger partial charge in [0.15, 0.2) is 10.1 Å². The average Bonchev–Trinajstić information content (AvgIpc) is 3.14. The highest BCUT2D eigenvalue weighted by Gasteiger charge is 2.15. The van der Waals surface area contributed by atoms with E-state index in [-0.39, 0.29) is 5.76 Å². The van der Waals surface area contributed by atoms with E-state index in [1.165, 1.54) is 35.2 Å². The average molecular weight is 396 g/mol. The molecule has 3 aromatic heterocycles. The van der Waals surface area contributed by atoms with E-state index in [2.05, 4.69) is 20.5 Å². The number of hydrogen-bond donors (Lipinski definition) is 1. The molecule has 9 heteroatoms. The van der Waals surface area contributed by atoms with Crippen LogP contribution in [0.15, 0.2) is 62.2 Å². The normalized spacial score (nSPS) is 10.9. The Hall–Kier alpha value is -3.04. The van der Waals surface area contributed by atoms with E-state index in [1.807, 2.05) is 36.6 Å². The van der Waals surface area contributed by atoms with Crippen molar-refractivity contribution in [2.75, 3.05) is 11.6 Å². The van der Waals surface area contributed by atoms with Gasteiger partial charge in [-0.15, -0.1) is 10.2 Å². The highest BCUT2D eigenvalue weighted by molar-refractivity contribution is 8.00. The van der Waals surface area contributed by atoms with E-state index in [0.717, 1.165) is 20.8 Å². The maximum absolute atomic E-state index is 12.4. The van der Waals surface area contributed by atoms with E-state index in [4.69, 9.17) is 4.42 Å². The molecule has 0 atom stereocenters. The number of anilines is 1. The second-order valence-electron chi connectivity index (χ2n) is 5.48. The number of pyridine rings is 1. The van der Waals surface area contributed by atoms with Gasteiger partial charge in [0, 0.05) is 23.2 Å². The zero-order valence-corrected chi connectivity index (χ0v) is 15.6. The Morgan fingerprint density at radius 1 is 1.15 bits per heavy atom. The lowest BCUT2D eigenvalue weighted by Crippen LogP contribution is -2.14. The number of amides is 1. The summed E-state index contributed by atoms with van der Waals surface area (Å²) in [7, 11) is 0. The van der Waals surface area contributed by atoms with Crippen LogP contribution in [-0.2, 0) is 0 Å². The Morgan fingerprint density at radius 2 is 2.00 bits per heavy atom. The lowest BCUT2D eigenvalue weighted by Gasteiger charge is -2.05. The first-order valence-corrected chi connectivity index (χ1v) is 9.86. The zero-order chi connectivity index (χ0) is 18.8. The van der Waals surface area contributed by atoms with Crippen molar-refractivity contribution < 1.29 is 9.21 Å². The fraction of sp³-hybridized carbons (Fsp3) is 0.0556. The van der Waals surface area contributed by atoms with Crippen molar-refractivity contribution in [1.29, 1.82) is 0 Å². The Bertz CT molecular complexity index is 1200. The summed E-state index contributed by atoms with van der Waals surface area (Å²) in [6.07, 6.45) is 3.53. The molecule has 0 aliphatic rings. The standard InChI is InChI=1S/C18H12N4O3S2/c1-26-18-22-21-17(27-18)20-16(24)14-7-11(8-15(23)25-14)12-6-10-4-2-3-5-13(10)19-9-12/h2-9H,1H3,(H,20,21,24). The Balaban J connectivity index is 1.67. The summed E-state index contributed by atoms with van der Waals surface area (Å²) in [4.78, 5) is 28.8. The molecule has 4 aromatic rings. The minimum atomic E-state index is -0.618. The number of nitrogens with zero attached hydrogens (tertiary/aromatic N) is 3. The van der Waals surface area contributed by atoms with Crippen LogP contribution in [0.25, 0.3) is 22.0 Å². The summed E-state index contributed by atoms with van der Waals surface area (Å²) in [6, 6.07) is 12.4. The number of thioether (sulfide) groups is 1. The number of fused-ring (bicyclic) bond motifs is 1. The van der Waals surface area contributed by atoms with Gasteiger partial charge in [-0.05, 0) is 30.0 Å². The van der Waals surface area contributed by atoms with Crippen LogP contribution in [0.4, 0.5) is 5.13 Å². The van der Waals surface area contributed by atoms with Gasteiger partial charge < -0.3 is 4.42 Å². The molecule has 0 spiro atoms. The zero-order valence-electron chi connectivity index (χ0n) is 14.0. The van der Waals surface area contributed by atoms with Crippen molar-refractivity contribution in [2.45, 2.75) is 4.34 Å². The molecule has 0 bridgehead atoms. The van der Waals surface area contributed by atoms with E-state index in [9.17, 15) is 9.59 Å². The second-order valence-corrected chi connectivity index (χ2v) is 7.51. The van der Waals surface area contributed by atoms with Gasteiger partial charge in [0.2, 0.25) is 5.13 Å². The minimum absolute atomic E-state index is 0.105. The third-order valence-electron chi connectivity index (χ3n) is 3.72. The molecule has 27 heavy (non-hydrogen) atoms. The van der Waals surface area contributed by atoms with Crippen LogP contribution in [-0.4, -0.2) is 27.3 Å². The van der Waals surface area contributed by atoms with Crippen LogP contribution in [0.5, 0.6) is 0 Å². The number of carbonyl (C=O) groups is 1. The molecule has 1 N–H and O–H groups in total. The number of carbonyl (C=O) groups excluding carboxylic acids is 1. The van der Waals surface area contributed by atoms with Gasteiger partial charge in [-0.3, -0.25) is 15.1 Å². The first-order valence-electron chi connectivity index (χ1n) is 7.81. The van der Waals surface area contributed by atoms with Crippen molar-refractivity contribution in [3.8, 4) is 11.1 Å². The molecule has 1 aromatic carbocycles. The monoisotopic (exact) mass is 396 g/mol. The van der Waals surface area contributed by atoms with Gasteiger partial charge in [-0.25, -0.2) is 4.79 Å². The van der Waals surface area contributed by atoms with Crippen LogP contribution in [0.2, 0.25) is 0 Å². The van der Waals surface area contributed by atoms with Crippen LogP contribution in [0.3, 0.4) is 0 Å². The predicted molar refractivity (Wildman–Crippen MR) is 105 cm³/mol. The predicted octanol–water partition coefficient (Wildman–Crippen LogP) is 3.68. The lowest BCUT2D eigenvalue weighted by atomic mass is 10.1. The number of rotatable bonds is 4. The largest absolute Gasteiger partial charge is 0.417 e. The molecule has 134 valence electrons. The molecule has 1 amide bonds. The molecule has 0 saturated heterocycles. The van der Waals surface area contributed by atoms with Crippen LogP contribution >= 0.6 is 23.1 Å². The van der Waals surface area contributed by atoms with E-state index >= 15 is 0 Å². The molecule has 0 radical (unpaired) electrons. The van der Waals surface area contributed by atoms with Crippen molar-refractivity contribution in [2.24, 2.45) is 0 Å². The fourth-order valence-electron chi connectivity index (χ4n) is 2.49. The highest BCUT2D eigenvalue weighted by atomic mass is 32.2. The molecule has 0 aliphatic heterocycles. The molecule has 4 rings (SSSR count). The molecule has 0 aliphatic carbocycles. The number of nitrogens with one attached hydrogen (secondary N) is 1. The molecular formula is C18H12N4O3S2. The molecule has 7 nitrogen and oxygen atoms in total. The quantitative estimate of drug-likeness (QED) is 0.415. The summed E-state index contributed by atoms with van der Waals surface area (Å²) in [5.74, 6) is -0.668. The van der Waals surface area contributed by atoms with Crippen LogP contribution in [0, 0.1) is 0 Å². The van der Waals surface area contributed by atoms with E-state index in [1.54, 1.807) is 6.20 Å². The van der Waals surface area contributed by atoms with Crippen molar-refractivity contribution in [3.63, 3.8) is 0 Å².